The van der Waals surface area contributed by atoms with Crippen LogP contribution in [0.5, 0.6) is 0 Å². The third-order valence-electron chi connectivity index (χ3n) is 5.08. The van der Waals surface area contributed by atoms with Crippen molar-refractivity contribution in [1.29, 1.82) is 0 Å². The molecule has 0 radical (unpaired) electrons. The molecule has 0 saturated carbocycles. The lowest BCUT2D eigenvalue weighted by atomic mass is 10.1. The Morgan fingerprint density at radius 1 is 0.806 bits per heavy atom. The topological polar surface area (TPSA) is 111 Å². The van der Waals surface area contributed by atoms with Gasteiger partial charge in [0.2, 0.25) is 0 Å². The summed E-state index contributed by atoms with van der Waals surface area (Å²) in [6.45, 7) is 5.62. The Labute approximate surface area is 175 Å². The lowest BCUT2D eigenvalue weighted by molar-refractivity contribution is 0.548. The highest BCUT2D eigenvalue weighted by molar-refractivity contribution is 5.86. The van der Waals surface area contributed by atoms with Crippen LogP contribution in [0.4, 0.5) is 11.7 Å². The highest BCUT2D eigenvalue weighted by Crippen LogP contribution is 2.28. The predicted octanol–water partition coefficient (Wildman–Crippen LogP) is 4.62. The zero-order valence-corrected chi connectivity index (χ0v) is 17.0. The quantitative estimate of drug-likeness (QED) is 0.425. The second kappa shape index (κ2) is 6.94. The number of nitrogens with one attached hydrogen (secondary N) is 1. The van der Waals surface area contributed by atoms with Gasteiger partial charge in [-0.15, -0.1) is 5.10 Å². The summed E-state index contributed by atoms with van der Waals surface area (Å²) in [6, 6.07) is 12.4. The minimum Gasteiger partial charge on any atom is -0.423 e. The number of rotatable bonds is 3. The Morgan fingerprint density at radius 2 is 1.65 bits per heavy atom. The summed E-state index contributed by atoms with van der Waals surface area (Å²) in [7, 11) is 0. The first-order valence-electron chi connectivity index (χ1n) is 9.58. The van der Waals surface area contributed by atoms with Gasteiger partial charge >= 0.3 is 17.3 Å². The van der Waals surface area contributed by atoms with Crippen LogP contribution in [-0.2, 0) is 0 Å². The zero-order chi connectivity index (χ0) is 21.7. The van der Waals surface area contributed by atoms with Crippen molar-refractivity contribution in [3.63, 3.8) is 0 Å². The highest BCUT2D eigenvalue weighted by Gasteiger charge is 2.16. The van der Waals surface area contributed by atoms with E-state index in [1.807, 2.05) is 39.0 Å². The molecule has 0 fully saturated rings. The summed E-state index contributed by atoms with van der Waals surface area (Å²) < 4.78 is 16.3. The van der Waals surface area contributed by atoms with Crippen molar-refractivity contribution in [1.82, 2.24) is 10.2 Å². The molecule has 0 amide bonds. The third-order valence-corrected chi connectivity index (χ3v) is 5.08. The van der Waals surface area contributed by atoms with Crippen molar-refractivity contribution in [2.24, 2.45) is 0 Å². The molecule has 5 rings (SSSR count). The zero-order valence-electron chi connectivity index (χ0n) is 17.0. The number of aromatic nitrogens is 2. The largest absolute Gasteiger partial charge is 0.423 e. The molecular weight excluding hydrogens is 398 g/mol. The number of fused-ring (bicyclic) bond motifs is 2. The van der Waals surface area contributed by atoms with Gasteiger partial charge in [0, 0.05) is 22.5 Å². The SMILES string of the molecule is Cc1ccc2cc(-c3nnc(Nc4cc5c(C)cc(=O)oc5cc4C)o3)c(=O)oc2c1. The second-order valence-corrected chi connectivity index (χ2v) is 7.44. The standard InChI is InChI=1S/C23H17N3O5/c1-11-4-5-14-9-16(22(28)30-18(14)6-11)21-25-26-23(31-21)24-17-10-15-12(2)8-20(27)29-19(15)7-13(17)3/h4-10H,1-3H3,(H,24,26). The molecule has 0 saturated heterocycles. The van der Waals surface area contributed by atoms with Gasteiger partial charge in [-0.05, 0) is 61.7 Å². The molecule has 31 heavy (non-hydrogen) atoms. The molecule has 154 valence electrons. The van der Waals surface area contributed by atoms with Crippen molar-refractivity contribution in [2.75, 3.05) is 5.32 Å². The molecule has 0 aliphatic carbocycles. The molecule has 5 aromatic rings. The second-order valence-electron chi connectivity index (χ2n) is 7.44. The van der Waals surface area contributed by atoms with Crippen LogP contribution in [0.25, 0.3) is 33.4 Å². The Bertz CT molecular complexity index is 1590. The Hall–Kier alpha value is -4.20. The molecule has 3 aromatic heterocycles. The van der Waals surface area contributed by atoms with Crippen molar-refractivity contribution in [2.45, 2.75) is 20.8 Å². The first-order chi connectivity index (χ1) is 14.9. The number of hydrogen-bond donors (Lipinski definition) is 1. The maximum atomic E-state index is 12.4. The molecule has 0 aliphatic rings. The van der Waals surface area contributed by atoms with Crippen LogP contribution in [0.15, 0.2) is 65.3 Å². The average Bonchev–Trinajstić information content (AvgIpc) is 3.16. The van der Waals surface area contributed by atoms with Gasteiger partial charge in [0.1, 0.15) is 16.7 Å². The molecule has 0 atom stereocenters. The van der Waals surface area contributed by atoms with E-state index in [9.17, 15) is 9.59 Å². The number of hydrogen-bond acceptors (Lipinski definition) is 8. The summed E-state index contributed by atoms with van der Waals surface area (Å²) in [5.41, 5.74) is 3.56. The van der Waals surface area contributed by atoms with E-state index < -0.39 is 11.3 Å². The van der Waals surface area contributed by atoms with E-state index in [-0.39, 0.29) is 17.5 Å². The smallest absolute Gasteiger partial charge is 0.349 e. The average molecular weight is 415 g/mol. The van der Waals surface area contributed by atoms with Gasteiger partial charge in [0.15, 0.2) is 0 Å². The van der Waals surface area contributed by atoms with E-state index in [2.05, 4.69) is 15.5 Å². The van der Waals surface area contributed by atoms with Crippen LogP contribution >= 0.6 is 0 Å². The van der Waals surface area contributed by atoms with Crippen LogP contribution in [0.2, 0.25) is 0 Å². The third kappa shape index (κ3) is 3.38. The summed E-state index contributed by atoms with van der Waals surface area (Å²) in [5.74, 6) is 0.0549. The normalized spacial score (nSPS) is 11.3. The molecule has 1 N–H and O–H groups in total. The molecule has 0 spiro atoms. The van der Waals surface area contributed by atoms with Crippen LogP contribution in [-0.4, -0.2) is 10.2 Å². The van der Waals surface area contributed by atoms with Crippen molar-refractivity contribution < 1.29 is 13.3 Å². The Kier molecular flexibility index (Phi) is 4.21. The first kappa shape index (κ1) is 18.8. The summed E-state index contributed by atoms with van der Waals surface area (Å²) in [5, 5.41) is 12.6. The van der Waals surface area contributed by atoms with Gasteiger partial charge in [-0.1, -0.05) is 17.2 Å². The predicted molar refractivity (Wildman–Crippen MR) is 116 cm³/mol. The van der Waals surface area contributed by atoms with Gasteiger partial charge in [-0.2, -0.15) is 0 Å². The minimum atomic E-state index is -0.555. The molecule has 2 aromatic carbocycles. The van der Waals surface area contributed by atoms with Gasteiger partial charge in [0.25, 0.3) is 5.89 Å². The van der Waals surface area contributed by atoms with Crippen LogP contribution in [0.1, 0.15) is 16.7 Å². The maximum absolute atomic E-state index is 12.4. The monoisotopic (exact) mass is 415 g/mol. The Balaban J connectivity index is 1.52. The fourth-order valence-electron chi connectivity index (χ4n) is 3.47. The van der Waals surface area contributed by atoms with E-state index in [0.717, 1.165) is 27.5 Å². The van der Waals surface area contributed by atoms with E-state index in [0.29, 0.717) is 16.9 Å². The van der Waals surface area contributed by atoms with Crippen LogP contribution in [0.3, 0.4) is 0 Å². The first-order valence-corrected chi connectivity index (χ1v) is 9.58. The Morgan fingerprint density at radius 3 is 2.48 bits per heavy atom. The lowest BCUT2D eigenvalue weighted by Gasteiger charge is -2.08. The van der Waals surface area contributed by atoms with Crippen LogP contribution in [0, 0.1) is 20.8 Å². The van der Waals surface area contributed by atoms with E-state index in [4.69, 9.17) is 13.3 Å². The van der Waals surface area contributed by atoms with Gasteiger partial charge in [-0.25, -0.2) is 9.59 Å². The van der Waals surface area contributed by atoms with Crippen molar-refractivity contribution in [3.05, 3.63) is 80.0 Å². The number of anilines is 2. The maximum Gasteiger partial charge on any atom is 0.349 e. The molecule has 8 heteroatoms. The number of nitrogens with zero attached hydrogens (tertiary/aromatic N) is 2. The fraction of sp³-hybridized carbons (Fsp3) is 0.130. The van der Waals surface area contributed by atoms with E-state index in [1.165, 1.54) is 6.07 Å². The van der Waals surface area contributed by atoms with Crippen molar-refractivity contribution in [3.8, 4) is 11.5 Å². The van der Waals surface area contributed by atoms with Crippen molar-refractivity contribution >= 4 is 33.6 Å². The summed E-state index contributed by atoms with van der Waals surface area (Å²) in [6.07, 6.45) is 0. The van der Waals surface area contributed by atoms with Gasteiger partial charge < -0.3 is 18.6 Å². The molecule has 0 unspecified atom stereocenters. The molecule has 0 aliphatic heterocycles. The summed E-state index contributed by atoms with van der Waals surface area (Å²) in [4.78, 5) is 24.0. The summed E-state index contributed by atoms with van der Waals surface area (Å²) >= 11 is 0. The highest BCUT2D eigenvalue weighted by atomic mass is 16.4. The fourth-order valence-corrected chi connectivity index (χ4v) is 3.47. The van der Waals surface area contributed by atoms with Gasteiger partial charge in [-0.3, -0.25) is 0 Å². The molecular formula is C23H17N3O5. The number of benzene rings is 2. The molecule has 3 heterocycles. The minimum absolute atomic E-state index is 0.0549. The molecule has 8 nitrogen and oxygen atoms in total. The van der Waals surface area contributed by atoms with E-state index >= 15 is 0 Å². The van der Waals surface area contributed by atoms with Gasteiger partial charge in [0.05, 0.1) is 0 Å². The molecule has 0 bridgehead atoms. The van der Waals surface area contributed by atoms with Crippen LogP contribution < -0.4 is 16.6 Å². The lowest BCUT2D eigenvalue weighted by Crippen LogP contribution is -2.02. The number of aryl methyl sites for hydroxylation is 3. The van der Waals surface area contributed by atoms with E-state index in [1.54, 1.807) is 18.2 Å².